The SMILES string of the molecule is CC(C)(C)OC(=O)N1CCC[C@H]1CN.CCc1cnc(CC[C@@H]2CCCN2)nc1.CCc1cnc(CC[C@@H]2CCCN2C(=O)OC(C)(C)C)nc1.CCc1cnc(Cl)nc1.[2H]CF.[B].[B]. The molecule has 3 atom stereocenters. The molecule has 3 saturated heterocycles. The highest BCUT2D eigenvalue weighted by Gasteiger charge is 2.32. The smallest absolute Gasteiger partial charge is 0.410 e. The third kappa shape index (κ3) is 23.8. The Labute approximate surface area is 394 Å². The Morgan fingerprint density at radius 2 is 1.11 bits per heavy atom. The van der Waals surface area contributed by atoms with E-state index in [1.54, 1.807) is 17.3 Å². The van der Waals surface area contributed by atoms with Crippen molar-refractivity contribution >= 4 is 40.6 Å². The number of aryl methyl sites for hydroxylation is 5. The number of halogens is 2. The molecular formula is C46H76B2ClFN10O4. The lowest BCUT2D eigenvalue weighted by atomic mass is 10.1. The summed E-state index contributed by atoms with van der Waals surface area (Å²) < 4.78 is 26.3. The average Bonchev–Trinajstić information content (AvgIpc) is 4.06. The predicted molar refractivity (Wildman–Crippen MR) is 256 cm³/mol. The number of rotatable bonds is 10. The number of nitrogens with zero attached hydrogens (tertiary/aromatic N) is 8. The first kappa shape index (κ1) is 58.1. The second kappa shape index (κ2) is 31.8. The molecule has 3 aliphatic rings. The summed E-state index contributed by atoms with van der Waals surface area (Å²) in [5, 5.41) is 3.81. The number of nitrogens with two attached hydrogens (primary N) is 1. The lowest BCUT2D eigenvalue weighted by Gasteiger charge is -2.28. The highest BCUT2D eigenvalue weighted by Crippen LogP contribution is 2.24. The van der Waals surface area contributed by atoms with Gasteiger partial charge in [0.05, 0.1) is 8.52 Å². The molecule has 6 heterocycles. The molecule has 14 nitrogen and oxygen atoms in total. The van der Waals surface area contributed by atoms with Crippen LogP contribution in [0.3, 0.4) is 0 Å². The van der Waals surface area contributed by atoms with Crippen LogP contribution in [-0.4, -0.2) is 131 Å². The van der Waals surface area contributed by atoms with Gasteiger partial charge in [-0.2, -0.15) is 0 Å². The van der Waals surface area contributed by atoms with Crippen molar-refractivity contribution in [1.82, 2.24) is 45.0 Å². The zero-order valence-electron chi connectivity index (χ0n) is 41.1. The highest BCUT2D eigenvalue weighted by molar-refractivity contribution is 6.28. The summed E-state index contributed by atoms with van der Waals surface area (Å²) in [5.41, 5.74) is 8.20. The molecule has 0 aromatic carbocycles. The molecule has 0 aliphatic carbocycles. The van der Waals surface area contributed by atoms with Gasteiger partial charge in [-0.25, -0.2) is 39.5 Å². The number of ether oxygens (including phenoxy) is 2. The molecule has 0 bridgehead atoms. The fourth-order valence-corrected chi connectivity index (χ4v) is 6.95. The number of alkyl halides is 1. The molecule has 3 aromatic heterocycles. The summed E-state index contributed by atoms with van der Waals surface area (Å²) >= 11 is 5.45. The van der Waals surface area contributed by atoms with Gasteiger partial charge in [-0.05, 0) is 147 Å². The predicted octanol–water partition coefficient (Wildman–Crippen LogP) is 7.96. The van der Waals surface area contributed by atoms with Gasteiger partial charge in [-0.15, -0.1) is 0 Å². The van der Waals surface area contributed by atoms with E-state index in [-0.39, 0.29) is 41.1 Å². The quantitative estimate of drug-likeness (QED) is 0.149. The average molecular weight is 910 g/mol. The summed E-state index contributed by atoms with van der Waals surface area (Å²) in [6.45, 7) is 20.9. The van der Waals surface area contributed by atoms with Crippen LogP contribution >= 0.6 is 11.6 Å². The third-order valence-corrected chi connectivity index (χ3v) is 10.5. The molecule has 3 fully saturated rings. The third-order valence-electron chi connectivity index (χ3n) is 10.3. The van der Waals surface area contributed by atoms with Crippen LogP contribution in [0.15, 0.2) is 37.2 Å². The van der Waals surface area contributed by atoms with Gasteiger partial charge >= 0.3 is 12.2 Å². The molecule has 354 valence electrons. The molecule has 18 heteroatoms. The van der Waals surface area contributed by atoms with Gasteiger partial charge in [0.1, 0.15) is 22.9 Å². The number of likely N-dealkylation sites (tertiary alicyclic amines) is 2. The van der Waals surface area contributed by atoms with Crippen LogP contribution in [0.4, 0.5) is 14.0 Å². The van der Waals surface area contributed by atoms with Crippen LogP contribution in [0.5, 0.6) is 0 Å². The van der Waals surface area contributed by atoms with Crippen molar-refractivity contribution in [1.29, 1.82) is 0 Å². The lowest BCUT2D eigenvalue weighted by molar-refractivity contribution is 0.0214. The maximum absolute atomic E-state index is 12.2. The minimum absolute atomic E-state index is 0. The van der Waals surface area contributed by atoms with Crippen LogP contribution in [0.2, 0.25) is 5.28 Å². The zero-order chi connectivity index (χ0) is 46.8. The second-order valence-electron chi connectivity index (χ2n) is 17.5. The maximum atomic E-state index is 12.2. The van der Waals surface area contributed by atoms with Gasteiger partial charge in [-0.1, -0.05) is 20.8 Å². The maximum Gasteiger partial charge on any atom is 0.410 e. The molecule has 0 unspecified atom stereocenters. The fourth-order valence-electron chi connectivity index (χ4n) is 6.85. The monoisotopic (exact) mass is 910 g/mol. The standard InChI is InChI=1S/C17H27N3O2.C12H19N3.C10H20N2O2.C6H7ClN2.CH3F.2B/c1-5-13-11-18-15(19-12-13)9-8-14-7-6-10-20(14)16(21)22-17(2,3)4;1-2-10-8-14-12(15-9-10)6-5-11-4-3-7-13-11;1-10(2,3)14-9(13)12-6-4-5-8(12)7-11;1-2-5-3-8-6(7)9-4-5;1-2;;/h11-12,14H,5-10H2,1-4H3;8-9,11,13H,2-7H2,1H3;8H,4-7,11H2,1-3H3;3-4H,2H2,1H3;1H3;;/t14-;11-;8-;;;;/m000..../s1/i;;;;1D;;. The first-order valence-corrected chi connectivity index (χ1v) is 22.7. The Hall–Kier alpha value is -3.95. The Balaban J connectivity index is 0.000000846. The highest BCUT2D eigenvalue weighted by atomic mass is 35.5. The molecule has 3 N–H and O–H groups in total. The number of nitrogens with one attached hydrogen (secondary N) is 1. The number of aromatic nitrogens is 6. The molecule has 2 amide bonds. The minimum atomic E-state index is -1.00. The van der Waals surface area contributed by atoms with E-state index < -0.39 is 18.4 Å². The van der Waals surface area contributed by atoms with E-state index in [9.17, 15) is 14.0 Å². The van der Waals surface area contributed by atoms with Crippen molar-refractivity contribution in [3.05, 3.63) is 70.8 Å². The lowest BCUT2D eigenvalue weighted by Crippen LogP contribution is -2.42. The van der Waals surface area contributed by atoms with E-state index in [1.807, 2.05) is 78.2 Å². The summed E-state index contributed by atoms with van der Waals surface area (Å²) in [6.07, 6.45) is 24.2. The number of amides is 2. The summed E-state index contributed by atoms with van der Waals surface area (Å²) in [6, 6.07) is 1.11. The van der Waals surface area contributed by atoms with Crippen molar-refractivity contribution in [2.24, 2.45) is 5.73 Å². The normalized spacial score (nSPS) is 17.8. The summed E-state index contributed by atoms with van der Waals surface area (Å²) in [7, 11) is -1.00. The number of carbonyl (C=O) groups is 2. The van der Waals surface area contributed by atoms with Gasteiger partial charge in [0.2, 0.25) is 5.28 Å². The molecule has 0 saturated carbocycles. The molecule has 0 spiro atoms. The van der Waals surface area contributed by atoms with Crippen LogP contribution in [0.1, 0.15) is 143 Å². The molecular weight excluding hydrogens is 833 g/mol. The Kier molecular flexibility index (Phi) is 28.9. The van der Waals surface area contributed by atoms with Crippen molar-refractivity contribution < 1.29 is 24.8 Å². The zero-order valence-corrected chi connectivity index (χ0v) is 40.9. The van der Waals surface area contributed by atoms with Gasteiger partial charge in [0.15, 0.2) is 0 Å². The topological polar surface area (TPSA) is 174 Å². The van der Waals surface area contributed by atoms with Gasteiger partial charge in [0.25, 0.3) is 0 Å². The van der Waals surface area contributed by atoms with Crippen molar-refractivity contribution in [3.63, 3.8) is 0 Å². The van der Waals surface area contributed by atoms with E-state index in [2.05, 4.69) is 49.1 Å². The number of carbonyl (C=O) groups excluding carboxylic acids is 2. The van der Waals surface area contributed by atoms with Crippen LogP contribution in [-0.2, 0) is 41.6 Å². The summed E-state index contributed by atoms with van der Waals surface area (Å²) in [5.74, 6) is 1.84. The van der Waals surface area contributed by atoms with Crippen molar-refractivity contribution in [2.75, 3.05) is 33.3 Å². The Morgan fingerprint density at radius 1 is 0.719 bits per heavy atom. The molecule has 6 rings (SSSR count). The number of hydrogen-bond donors (Lipinski definition) is 2. The molecule has 6 radical (unpaired) electrons. The number of hydrogen-bond acceptors (Lipinski definition) is 12. The van der Waals surface area contributed by atoms with E-state index in [0.29, 0.717) is 17.9 Å². The van der Waals surface area contributed by atoms with Gasteiger partial charge < -0.3 is 30.3 Å². The van der Waals surface area contributed by atoms with Crippen LogP contribution in [0, 0.1) is 0 Å². The largest absolute Gasteiger partial charge is 0.444 e. The van der Waals surface area contributed by atoms with E-state index in [0.717, 1.165) is 100 Å². The van der Waals surface area contributed by atoms with Crippen molar-refractivity contribution in [2.45, 2.75) is 175 Å². The Morgan fingerprint density at radius 3 is 1.48 bits per heavy atom. The van der Waals surface area contributed by atoms with E-state index >= 15 is 0 Å². The van der Waals surface area contributed by atoms with Crippen LogP contribution in [0.25, 0.3) is 0 Å². The van der Waals surface area contributed by atoms with Gasteiger partial charge in [-0.3, -0.25) is 4.39 Å². The van der Waals surface area contributed by atoms with E-state index in [1.165, 1.54) is 31.4 Å². The molecule has 3 aromatic rings. The van der Waals surface area contributed by atoms with Gasteiger partial charge in [0, 0.05) is 105 Å². The molecule has 3 aliphatic heterocycles. The van der Waals surface area contributed by atoms with Crippen molar-refractivity contribution in [3.8, 4) is 0 Å². The fraction of sp³-hybridized carbons (Fsp3) is 0.696. The second-order valence-corrected chi connectivity index (χ2v) is 17.8. The Bertz CT molecular complexity index is 1710. The first-order valence-electron chi connectivity index (χ1n) is 23.0. The summed E-state index contributed by atoms with van der Waals surface area (Å²) in [4.78, 5) is 52.7. The first-order chi connectivity index (χ1) is 29.9. The van der Waals surface area contributed by atoms with E-state index in [4.69, 9.17) is 28.2 Å². The molecule has 64 heavy (non-hydrogen) atoms. The minimum Gasteiger partial charge on any atom is -0.444 e. The van der Waals surface area contributed by atoms with Crippen LogP contribution < -0.4 is 11.1 Å².